The van der Waals surface area contributed by atoms with Crippen LogP contribution in [0.4, 0.5) is 5.69 Å². The Morgan fingerprint density at radius 1 is 1.05 bits per heavy atom. The number of carbonyl (C=O) groups excluding carboxylic acids is 2. The average Bonchev–Trinajstić information content (AvgIpc) is 3.51. The average molecular weight is 648 g/mol. The Morgan fingerprint density at radius 2 is 1.69 bits per heavy atom. The standard InChI is InChI=1S/C31H42N4O6.BrH/c1-9-41-25-12-19-14-35(29(32)20(19)13-21(25)30(37)33-5)15-24(36)18-10-22(31(2,3)4)28(40-8)23(11-18)34-16-26(38-6)27(17-34)39-7;/h10-13,26-27,32H,9,14-17H2,1-8H3,(H,33,37);1H/t26-,27-;/m0./s1. The Balaban J connectivity index is 0.00000484. The number of benzene rings is 2. The molecule has 2 aromatic carbocycles. The van der Waals surface area contributed by atoms with E-state index in [0.29, 0.717) is 48.7 Å². The van der Waals surface area contributed by atoms with Crippen molar-refractivity contribution < 1.29 is 28.5 Å². The van der Waals surface area contributed by atoms with Gasteiger partial charge in [-0.25, -0.2) is 0 Å². The van der Waals surface area contributed by atoms with Gasteiger partial charge in [0.05, 0.1) is 31.5 Å². The highest BCUT2D eigenvalue weighted by Gasteiger charge is 2.36. The third kappa shape index (κ3) is 6.43. The number of nitrogens with zero attached hydrogens (tertiary/aromatic N) is 2. The number of carbonyl (C=O) groups is 2. The van der Waals surface area contributed by atoms with Gasteiger partial charge in [-0.3, -0.25) is 15.0 Å². The number of anilines is 1. The predicted molar refractivity (Wildman–Crippen MR) is 168 cm³/mol. The van der Waals surface area contributed by atoms with Crippen LogP contribution < -0.4 is 19.7 Å². The second-order valence-corrected chi connectivity index (χ2v) is 11.4. The number of amides is 1. The maximum atomic E-state index is 13.8. The summed E-state index contributed by atoms with van der Waals surface area (Å²) in [5.74, 6) is 1.01. The predicted octanol–water partition coefficient (Wildman–Crippen LogP) is 4.20. The van der Waals surface area contributed by atoms with Crippen molar-refractivity contribution in [2.45, 2.75) is 51.9 Å². The lowest BCUT2D eigenvalue weighted by molar-refractivity contribution is -0.00461. The van der Waals surface area contributed by atoms with Crippen LogP contribution in [0.1, 0.15) is 65.1 Å². The lowest BCUT2D eigenvalue weighted by atomic mass is 9.84. The fourth-order valence-corrected chi connectivity index (χ4v) is 5.59. The largest absolute Gasteiger partial charge is 0.494 e. The van der Waals surface area contributed by atoms with Crippen LogP contribution in [0, 0.1) is 5.41 Å². The number of hydrogen-bond acceptors (Lipinski definition) is 8. The highest BCUT2D eigenvalue weighted by atomic mass is 79.9. The smallest absolute Gasteiger partial charge is 0.254 e. The quantitative estimate of drug-likeness (QED) is 0.369. The Kier molecular flexibility index (Phi) is 10.7. The monoisotopic (exact) mass is 646 g/mol. The third-order valence-electron chi connectivity index (χ3n) is 7.81. The Hall–Kier alpha value is -3.15. The minimum atomic E-state index is -0.292. The number of Topliss-reactive ketones (excluding diaryl/α,β-unsaturated/α-hetero) is 1. The van der Waals surface area contributed by atoms with E-state index < -0.39 is 0 Å². The molecule has 2 aliphatic heterocycles. The third-order valence-corrected chi connectivity index (χ3v) is 7.81. The lowest BCUT2D eigenvalue weighted by Crippen LogP contribution is -2.31. The second-order valence-electron chi connectivity index (χ2n) is 11.4. The summed E-state index contributed by atoms with van der Waals surface area (Å²) in [6, 6.07) is 7.27. The van der Waals surface area contributed by atoms with Crippen LogP contribution in [0.15, 0.2) is 24.3 Å². The van der Waals surface area contributed by atoms with Crippen LogP contribution >= 0.6 is 17.0 Å². The van der Waals surface area contributed by atoms with Crippen LogP contribution in [-0.4, -0.2) is 89.3 Å². The van der Waals surface area contributed by atoms with E-state index in [1.54, 1.807) is 45.4 Å². The number of hydrogen-bond donors (Lipinski definition) is 2. The number of ether oxygens (including phenoxy) is 4. The molecule has 2 aromatic rings. The number of nitrogens with one attached hydrogen (secondary N) is 2. The summed E-state index contributed by atoms with van der Waals surface area (Å²) in [5.41, 5.74) is 3.84. The first-order valence-electron chi connectivity index (χ1n) is 13.9. The number of ketones is 1. The van der Waals surface area contributed by atoms with Crippen LogP contribution in [0.3, 0.4) is 0 Å². The molecule has 2 atom stereocenters. The molecule has 10 nitrogen and oxygen atoms in total. The molecule has 0 spiro atoms. The highest BCUT2D eigenvalue weighted by molar-refractivity contribution is 8.93. The Morgan fingerprint density at radius 3 is 2.21 bits per heavy atom. The van der Waals surface area contributed by atoms with E-state index in [9.17, 15) is 9.59 Å². The molecule has 0 aromatic heterocycles. The Labute approximate surface area is 258 Å². The van der Waals surface area contributed by atoms with Gasteiger partial charge in [-0.05, 0) is 42.2 Å². The molecular formula is C31H43BrN4O6. The fraction of sp³-hybridized carbons (Fsp3) is 0.516. The SMILES string of the molecule is Br.CCOc1cc2c(cc1C(=O)NC)C(=N)N(CC(=O)c1cc(N3C[C@H](OC)[C@@H](OC)C3)c(OC)c(C(C)(C)C)c1)C2. The molecule has 1 amide bonds. The van der Waals surface area contributed by atoms with Crippen molar-refractivity contribution in [2.24, 2.45) is 0 Å². The van der Waals surface area contributed by atoms with E-state index in [4.69, 9.17) is 24.4 Å². The van der Waals surface area contributed by atoms with Crippen molar-refractivity contribution in [1.82, 2.24) is 10.2 Å². The van der Waals surface area contributed by atoms with Crippen LogP contribution in [-0.2, 0) is 21.4 Å². The van der Waals surface area contributed by atoms with Crippen LogP contribution in [0.25, 0.3) is 0 Å². The zero-order valence-electron chi connectivity index (χ0n) is 25.8. The van der Waals surface area contributed by atoms with Gasteiger partial charge in [0.1, 0.15) is 29.5 Å². The number of halogens is 1. The molecule has 0 aliphatic carbocycles. The molecule has 11 heteroatoms. The normalized spacial score (nSPS) is 18.0. The Bertz CT molecular complexity index is 1330. The summed E-state index contributed by atoms with van der Waals surface area (Å²) in [6.07, 6.45) is -0.209. The number of fused-ring (bicyclic) bond motifs is 1. The maximum Gasteiger partial charge on any atom is 0.254 e. The number of rotatable bonds is 10. The lowest BCUT2D eigenvalue weighted by Gasteiger charge is -2.29. The molecule has 0 unspecified atom stereocenters. The van der Waals surface area contributed by atoms with E-state index in [2.05, 4.69) is 31.0 Å². The second kappa shape index (κ2) is 13.4. The maximum absolute atomic E-state index is 13.8. The van der Waals surface area contributed by atoms with Gasteiger partial charge in [-0.2, -0.15) is 0 Å². The molecule has 42 heavy (non-hydrogen) atoms. The van der Waals surface area contributed by atoms with E-state index in [1.807, 2.05) is 19.1 Å². The molecule has 2 heterocycles. The molecule has 1 saturated heterocycles. The summed E-state index contributed by atoms with van der Waals surface area (Å²) in [4.78, 5) is 30.2. The molecule has 1 fully saturated rings. The van der Waals surface area contributed by atoms with E-state index >= 15 is 0 Å². The number of methoxy groups -OCH3 is 3. The van der Waals surface area contributed by atoms with Crippen LogP contribution in [0.5, 0.6) is 11.5 Å². The van der Waals surface area contributed by atoms with Gasteiger partial charge in [0, 0.05) is 57.6 Å². The summed E-state index contributed by atoms with van der Waals surface area (Å²) in [7, 11) is 6.56. The fourth-order valence-electron chi connectivity index (χ4n) is 5.59. The van der Waals surface area contributed by atoms with Crippen molar-refractivity contribution in [3.8, 4) is 11.5 Å². The van der Waals surface area contributed by atoms with E-state index in [-0.39, 0.29) is 58.7 Å². The topological polar surface area (TPSA) is 113 Å². The highest BCUT2D eigenvalue weighted by Crippen LogP contribution is 2.42. The van der Waals surface area contributed by atoms with Crippen molar-refractivity contribution in [3.05, 3.63) is 52.1 Å². The first-order valence-corrected chi connectivity index (χ1v) is 13.9. The van der Waals surface area contributed by atoms with Crippen molar-refractivity contribution in [1.29, 1.82) is 5.41 Å². The van der Waals surface area contributed by atoms with Gasteiger partial charge in [0.15, 0.2) is 5.78 Å². The summed E-state index contributed by atoms with van der Waals surface area (Å²) >= 11 is 0. The van der Waals surface area contributed by atoms with Gasteiger partial charge in [0.25, 0.3) is 5.91 Å². The van der Waals surface area contributed by atoms with Gasteiger partial charge in [-0.15, -0.1) is 17.0 Å². The summed E-state index contributed by atoms with van der Waals surface area (Å²) < 4.78 is 23.0. The number of amidine groups is 1. The molecular weight excluding hydrogens is 604 g/mol. The molecule has 2 aliphatic rings. The van der Waals surface area contributed by atoms with Crippen molar-refractivity contribution in [2.75, 3.05) is 59.5 Å². The molecule has 230 valence electrons. The van der Waals surface area contributed by atoms with Gasteiger partial charge >= 0.3 is 0 Å². The van der Waals surface area contributed by atoms with Gasteiger partial charge in [0.2, 0.25) is 0 Å². The zero-order chi connectivity index (χ0) is 30.1. The van der Waals surface area contributed by atoms with Crippen molar-refractivity contribution in [3.63, 3.8) is 0 Å². The van der Waals surface area contributed by atoms with Gasteiger partial charge in [-0.1, -0.05) is 20.8 Å². The minimum absolute atomic E-state index is 0. The van der Waals surface area contributed by atoms with E-state index in [0.717, 1.165) is 22.6 Å². The summed E-state index contributed by atoms with van der Waals surface area (Å²) in [5, 5.41) is 11.5. The molecule has 0 bridgehead atoms. The zero-order valence-corrected chi connectivity index (χ0v) is 27.5. The van der Waals surface area contributed by atoms with Crippen LogP contribution in [0.2, 0.25) is 0 Å². The van der Waals surface area contributed by atoms with Crippen molar-refractivity contribution >= 4 is 40.2 Å². The molecule has 4 rings (SSSR count). The van der Waals surface area contributed by atoms with E-state index in [1.165, 1.54) is 0 Å². The summed E-state index contributed by atoms with van der Waals surface area (Å²) in [6.45, 7) is 10.1. The molecule has 0 saturated carbocycles. The molecule has 0 radical (unpaired) electrons. The first kappa shape index (κ1) is 33.4. The minimum Gasteiger partial charge on any atom is -0.494 e. The van der Waals surface area contributed by atoms with Gasteiger partial charge < -0.3 is 34.1 Å². The first-order chi connectivity index (χ1) is 19.5. The molecule has 2 N–H and O–H groups in total.